The minimum Gasteiger partial charge on any atom is -0.317 e. The molecule has 1 unspecified atom stereocenters. The molecule has 0 fully saturated rings. The summed E-state index contributed by atoms with van der Waals surface area (Å²) < 4.78 is 116. The van der Waals surface area contributed by atoms with Crippen molar-refractivity contribution >= 4 is 0 Å². The zero-order valence-corrected chi connectivity index (χ0v) is 12.0. The van der Waals surface area contributed by atoms with Gasteiger partial charge in [-0.25, -0.2) is 5.48 Å². The molecule has 0 aliphatic carbocycles. The number of benzene rings is 1. The molecule has 140 valence electrons. The van der Waals surface area contributed by atoms with Crippen molar-refractivity contribution in [3.8, 4) is 11.8 Å². The van der Waals surface area contributed by atoms with Gasteiger partial charge in [-0.15, -0.1) is 0 Å². The first-order chi connectivity index (χ1) is 11.3. The highest BCUT2D eigenvalue weighted by molar-refractivity contribution is 5.35. The number of hydroxylamine groups is 1. The van der Waals surface area contributed by atoms with E-state index in [0.29, 0.717) is 0 Å². The maximum atomic E-state index is 13.8. The van der Waals surface area contributed by atoms with E-state index in [1.165, 1.54) is 36.3 Å². The van der Waals surface area contributed by atoms with E-state index < -0.39 is 36.4 Å². The Bertz CT molecular complexity index is 631. The van der Waals surface area contributed by atoms with Crippen molar-refractivity contribution in [1.82, 2.24) is 5.48 Å². The van der Waals surface area contributed by atoms with Gasteiger partial charge in [0, 0.05) is 12.1 Å². The average molecular weight is 379 g/mol. The summed E-state index contributed by atoms with van der Waals surface area (Å²) in [6.07, 6.45) is -6.91. The van der Waals surface area contributed by atoms with E-state index in [1.54, 1.807) is 0 Å². The Kier molecular flexibility index (Phi) is 6.02. The van der Waals surface area contributed by atoms with Crippen LogP contribution in [-0.4, -0.2) is 35.7 Å². The van der Waals surface area contributed by atoms with Crippen LogP contribution >= 0.6 is 0 Å². The van der Waals surface area contributed by atoms with Gasteiger partial charge in [-0.05, 0) is 12.1 Å². The molecular weight excluding hydrogens is 369 g/mol. The number of hydrogen-bond acceptors (Lipinski definition) is 2. The van der Waals surface area contributed by atoms with Crippen LogP contribution in [0.3, 0.4) is 0 Å². The summed E-state index contributed by atoms with van der Waals surface area (Å²) in [5.41, 5.74) is 1.05. The van der Waals surface area contributed by atoms with Crippen LogP contribution in [0.15, 0.2) is 30.3 Å². The highest BCUT2D eigenvalue weighted by atomic mass is 19.4. The maximum Gasteiger partial charge on any atom is 0.460 e. The second kappa shape index (κ2) is 7.13. The lowest BCUT2D eigenvalue weighted by Gasteiger charge is -2.35. The average Bonchev–Trinajstić information content (AvgIpc) is 2.50. The number of halogens is 9. The normalized spacial score (nSPS) is 14.6. The third kappa shape index (κ3) is 4.01. The molecule has 0 aromatic heterocycles. The van der Waals surface area contributed by atoms with Gasteiger partial charge in [0.15, 0.2) is 0 Å². The summed E-state index contributed by atoms with van der Waals surface area (Å²) in [6.45, 7) is -1.48. The zero-order valence-electron chi connectivity index (χ0n) is 12.0. The molecule has 2 nitrogen and oxygen atoms in total. The van der Waals surface area contributed by atoms with Gasteiger partial charge in [0.2, 0.25) is 0 Å². The number of nitrogens with one attached hydrogen (secondary N) is 1. The lowest BCUT2D eigenvalue weighted by Crippen LogP contribution is -2.63. The molecule has 1 rings (SSSR count). The van der Waals surface area contributed by atoms with Crippen LogP contribution in [-0.2, 0) is 0 Å². The summed E-state index contributed by atoms with van der Waals surface area (Å²) in [6, 6.07) is 6.82. The molecule has 0 saturated carbocycles. The Labute approximate surface area is 135 Å². The van der Waals surface area contributed by atoms with Gasteiger partial charge >= 0.3 is 23.9 Å². The lowest BCUT2D eigenvalue weighted by molar-refractivity contribution is -0.400. The standard InChI is InChI=1S/C14H10F9NO/c15-11(16,12(17,18)13(19,20)14(21,22)23)10(8-24-25)7-6-9-4-2-1-3-5-9/h1-5,10,24-25H,8H2. The first-order valence-electron chi connectivity index (χ1n) is 6.42. The van der Waals surface area contributed by atoms with Crippen molar-refractivity contribution in [1.29, 1.82) is 0 Å². The van der Waals surface area contributed by atoms with Crippen molar-refractivity contribution in [2.75, 3.05) is 6.54 Å². The Hall–Kier alpha value is -1.93. The molecule has 1 aromatic rings. The van der Waals surface area contributed by atoms with Gasteiger partial charge in [-0.3, -0.25) is 0 Å². The third-order valence-electron chi connectivity index (χ3n) is 3.07. The van der Waals surface area contributed by atoms with Gasteiger partial charge in [0.05, 0.1) is 0 Å². The van der Waals surface area contributed by atoms with Gasteiger partial charge in [0.1, 0.15) is 5.92 Å². The summed E-state index contributed by atoms with van der Waals surface area (Å²) >= 11 is 0. The first-order valence-corrected chi connectivity index (χ1v) is 6.42. The van der Waals surface area contributed by atoms with Crippen molar-refractivity contribution in [2.45, 2.75) is 23.9 Å². The maximum absolute atomic E-state index is 13.8. The van der Waals surface area contributed by atoms with E-state index in [9.17, 15) is 39.5 Å². The summed E-state index contributed by atoms with van der Waals surface area (Å²) in [5, 5.41) is 8.42. The minimum atomic E-state index is -7.01. The number of alkyl halides is 9. The van der Waals surface area contributed by atoms with Crippen molar-refractivity contribution in [3.63, 3.8) is 0 Å². The molecule has 0 heterocycles. The van der Waals surface area contributed by atoms with E-state index in [-0.39, 0.29) is 5.56 Å². The fourth-order valence-electron chi connectivity index (χ4n) is 1.66. The Morgan fingerprint density at radius 1 is 0.880 bits per heavy atom. The summed E-state index contributed by atoms with van der Waals surface area (Å²) in [4.78, 5) is 0. The van der Waals surface area contributed by atoms with Crippen LogP contribution in [0.4, 0.5) is 39.5 Å². The molecule has 1 aromatic carbocycles. The molecule has 1 atom stereocenters. The quantitative estimate of drug-likeness (QED) is 0.459. The van der Waals surface area contributed by atoms with Crippen LogP contribution in [0.25, 0.3) is 0 Å². The minimum absolute atomic E-state index is 0.0205. The predicted molar refractivity (Wildman–Crippen MR) is 67.5 cm³/mol. The molecule has 0 amide bonds. The van der Waals surface area contributed by atoms with Gasteiger partial charge < -0.3 is 5.21 Å². The molecule has 0 bridgehead atoms. The smallest absolute Gasteiger partial charge is 0.317 e. The molecule has 0 saturated heterocycles. The first kappa shape index (κ1) is 21.1. The number of hydrogen-bond donors (Lipinski definition) is 2. The van der Waals surface area contributed by atoms with Crippen molar-refractivity contribution < 1.29 is 44.7 Å². The van der Waals surface area contributed by atoms with Crippen LogP contribution in [0.1, 0.15) is 5.56 Å². The van der Waals surface area contributed by atoms with Crippen LogP contribution < -0.4 is 5.48 Å². The zero-order chi connectivity index (χ0) is 19.5. The third-order valence-corrected chi connectivity index (χ3v) is 3.07. The van der Waals surface area contributed by atoms with E-state index in [2.05, 4.69) is 0 Å². The van der Waals surface area contributed by atoms with Gasteiger partial charge in [-0.2, -0.15) is 39.5 Å². The van der Waals surface area contributed by atoms with Crippen LogP contribution in [0.5, 0.6) is 0 Å². The fourth-order valence-corrected chi connectivity index (χ4v) is 1.66. The van der Waals surface area contributed by atoms with E-state index in [4.69, 9.17) is 5.21 Å². The van der Waals surface area contributed by atoms with E-state index >= 15 is 0 Å². The molecule has 2 N–H and O–H groups in total. The molecule has 0 aliphatic heterocycles. The van der Waals surface area contributed by atoms with Crippen LogP contribution in [0, 0.1) is 17.8 Å². The Morgan fingerprint density at radius 3 is 1.84 bits per heavy atom. The van der Waals surface area contributed by atoms with E-state index in [0.717, 1.165) is 5.48 Å². The van der Waals surface area contributed by atoms with Crippen LogP contribution in [0.2, 0.25) is 0 Å². The lowest BCUT2D eigenvalue weighted by atomic mass is 9.91. The molecule has 11 heteroatoms. The highest BCUT2D eigenvalue weighted by Gasteiger charge is 2.82. The molecule has 25 heavy (non-hydrogen) atoms. The predicted octanol–water partition coefficient (Wildman–Crippen LogP) is 4.10. The van der Waals surface area contributed by atoms with Crippen molar-refractivity contribution in [3.05, 3.63) is 35.9 Å². The SMILES string of the molecule is ONCC(C#Cc1ccccc1)C(F)(F)C(F)(F)C(F)(F)C(F)(F)F. The van der Waals surface area contributed by atoms with Gasteiger partial charge in [0.25, 0.3) is 0 Å². The molecule has 0 aliphatic rings. The largest absolute Gasteiger partial charge is 0.460 e. The fraction of sp³-hybridized carbons (Fsp3) is 0.429. The van der Waals surface area contributed by atoms with Crippen molar-refractivity contribution in [2.24, 2.45) is 5.92 Å². The van der Waals surface area contributed by atoms with E-state index in [1.807, 2.05) is 5.92 Å². The Morgan fingerprint density at radius 2 is 1.40 bits per heavy atom. The Balaban J connectivity index is 3.31. The summed E-state index contributed by atoms with van der Waals surface area (Å²) in [5.74, 6) is -19.3. The molecule has 0 radical (unpaired) electrons. The second-order valence-electron chi connectivity index (χ2n) is 4.82. The highest BCUT2D eigenvalue weighted by Crippen LogP contribution is 2.55. The van der Waals surface area contributed by atoms with Gasteiger partial charge in [-0.1, -0.05) is 30.0 Å². The summed E-state index contributed by atoms with van der Waals surface area (Å²) in [7, 11) is 0. The number of rotatable bonds is 5. The topological polar surface area (TPSA) is 32.3 Å². The monoisotopic (exact) mass is 379 g/mol. The molecular formula is C14H10F9NO. The molecule has 0 spiro atoms. The second-order valence-corrected chi connectivity index (χ2v) is 4.82.